The quantitative estimate of drug-likeness (QED) is 0.0435. The molecular formula is C37H66O8. The first-order valence-electron chi connectivity index (χ1n) is 18.3. The fourth-order valence-electron chi connectivity index (χ4n) is 6.04. The van der Waals surface area contributed by atoms with Crippen LogP contribution in [0.3, 0.4) is 0 Å². The van der Waals surface area contributed by atoms with Gasteiger partial charge in [-0.25, -0.2) is 0 Å². The number of rotatable bonds is 29. The second-order valence-electron chi connectivity index (χ2n) is 13.1. The van der Waals surface area contributed by atoms with Crippen LogP contribution in [0, 0.1) is 11.8 Å². The van der Waals surface area contributed by atoms with Crippen molar-refractivity contribution in [3.05, 3.63) is 12.2 Å². The van der Waals surface area contributed by atoms with Gasteiger partial charge in [-0.15, -0.1) is 0 Å². The van der Waals surface area contributed by atoms with Gasteiger partial charge in [0.05, 0.1) is 12.2 Å². The third-order valence-corrected chi connectivity index (χ3v) is 8.90. The van der Waals surface area contributed by atoms with Crippen molar-refractivity contribution in [1.82, 2.24) is 0 Å². The van der Waals surface area contributed by atoms with Crippen LogP contribution < -0.4 is 0 Å². The Morgan fingerprint density at radius 2 is 1.20 bits per heavy atom. The van der Waals surface area contributed by atoms with E-state index in [1.807, 2.05) is 6.08 Å². The van der Waals surface area contributed by atoms with Crippen molar-refractivity contribution in [1.29, 1.82) is 0 Å². The van der Waals surface area contributed by atoms with Gasteiger partial charge in [0.15, 0.2) is 0 Å². The number of aliphatic hydroxyl groups is 3. The van der Waals surface area contributed by atoms with Gasteiger partial charge in [0.2, 0.25) is 0 Å². The number of Topliss-reactive ketones (excluding diaryl/α,β-unsaturated/α-hetero) is 1. The molecule has 45 heavy (non-hydrogen) atoms. The average molecular weight is 639 g/mol. The summed E-state index contributed by atoms with van der Waals surface area (Å²) in [6, 6.07) is 0. The Hall–Kier alpha value is -1.77. The van der Waals surface area contributed by atoms with Crippen LogP contribution in [0.4, 0.5) is 0 Å². The zero-order chi connectivity index (χ0) is 33.1. The summed E-state index contributed by atoms with van der Waals surface area (Å²) in [5.74, 6) is -1.10. The van der Waals surface area contributed by atoms with Crippen molar-refractivity contribution >= 4 is 17.7 Å². The van der Waals surface area contributed by atoms with E-state index < -0.39 is 24.3 Å². The zero-order valence-corrected chi connectivity index (χ0v) is 28.6. The van der Waals surface area contributed by atoms with E-state index in [-0.39, 0.29) is 49.6 Å². The fraction of sp³-hybridized carbons (Fsp3) is 0.865. The van der Waals surface area contributed by atoms with Crippen molar-refractivity contribution in [2.45, 2.75) is 180 Å². The van der Waals surface area contributed by atoms with Crippen molar-refractivity contribution in [2.75, 3.05) is 13.2 Å². The summed E-state index contributed by atoms with van der Waals surface area (Å²) in [5, 5.41) is 30.5. The Morgan fingerprint density at radius 1 is 0.733 bits per heavy atom. The summed E-state index contributed by atoms with van der Waals surface area (Å²) in [4.78, 5) is 36.4. The maximum absolute atomic E-state index is 12.4. The van der Waals surface area contributed by atoms with Gasteiger partial charge in [-0.2, -0.15) is 0 Å². The molecule has 8 nitrogen and oxygen atoms in total. The zero-order valence-electron chi connectivity index (χ0n) is 28.6. The highest BCUT2D eigenvalue weighted by Gasteiger charge is 2.39. The van der Waals surface area contributed by atoms with Crippen LogP contribution in [0.2, 0.25) is 0 Å². The van der Waals surface area contributed by atoms with E-state index in [9.17, 15) is 29.7 Å². The highest BCUT2D eigenvalue weighted by molar-refractivity contribution is 5.84. The molecule has 0 unspecified atom stereocenters. The van der Waals surface area contributed by atoms with Crippen LogP contribution in [0.5, 0.6) is 0 Å². The molecule has 1 aliphatic carbocycles. The highest BCUT2D eigenvalue weighted by Crippen LogP contribution is 2.34. The minimum absolute atomic E-state index is 0.0829. The molecule has 1 rings (SSSR count). The molecule has 0 saturated heterocycles. The van der Waals surface area contributed by atoms with Gasteiger partial charge in [0, 0.05) is 31.1 Å². The van der Waals surface area contributed by atoms with Gasteiger partial charge < -0.3 is 24.8 Å². The van der Waals surface area contributed by atoms with Crippen LogP contribution in [-0.4, -0.2) is 64.6 Å². The molecule has 262 valence electrons. The Morgan fingerprint density at radius 3 is 1.73 bits per heavy atom. The first-order chi connectivity index (χ1) is 21.8. The van der Waals surface area contributed by atoms with Crippen molar-refractivity contribution in [3.8, 4) is 0 Å². The molecule has 1 fully saturated rings. The first kappa shape index (κ1) is 41.3. The van der Waals surface area contributed by atoms with E-state index in [4.69, 9.17) is 9.47 Å². The Labute approximate surface area is 273 Å². The summed E-state index contributed by atoms with van der Waals surface area (Å²) in [7, 11) is 0. The van der Waals surface area contributed by atoms with Crippen LogP contribution in [-0.2, 0) is 23.9 Å². The molecule has 0 bridgehead atoms. The lowest BCUT2D eigenvalue weighted by atomic mass is 9.88. The molecule has 1 saturated carbocycles. The van der Waals surface area contributed by atoms with Crippen molar-refractivity contribution in [3.63, 3.8) is 0 Å². The largest absolute Gasteiger partial charge is 0.463 e. The second kappa shape index (κ2) is 27.4. The molecule has 3 N–H and O–H groups in total. The van der Waals surface area contributed by atoms with Crippen molar-refractivity contribution in [2.24, 2.45) is 11.8 Å². The van der Waals surface area contributed by atoms with Crippen LogP contribution in [0.1, 0.15) is 162 Å². The maximum atomic E-state index is 12.4. The topological polar surface area (TPSA) is 130 Å². The van der Waals surface area contributed by atoms with E-state index in [0.29, 0.717) is 25.7 Å². The lowest BCUT2D eigenvalue weighted by Gasteiger charge is -2.18. The number of aliphatic hydroxyl groups excluding tert-OH is 3. The van der Waals surface area contributed by atoms with E-state index in [2.05, 4.69) is 13.8 Å². The summed E-state index contributed by atoms with van der Waals surface area (Å²) in [6.07, 6.45) is 23.1. The molecule has 5 atom stereocenters. The maximum Gasteiger partial charge on any atom is 0.305 e. The Bertz CT molecular complexity index is 797. The average Bonchev–Trinajstić information content (AvgIpc) is 3.29. The number of carbonyl (C=O) groups excluding carboxylic acids is 3. The Kier molecular flexibility index (Phi) is 25.1. The molecule has 0 amide bonds. The number of hydrogen-bond acceptors (Lipinski definition) is 8. The van der Waals surface area contributed by atoms with E-state index >= 15 is 0 Å². The number of carbonyl (C=O) groups is 3. The molecule has 8 heteroatoms. The number of hydrogen-bond donors (Lipinski definition) is 3. The third-order valence-electron chi connectivity index (χ3n) is 8.90. The van der Waals surface area contributed by atoms with Gasteiger partial charge in [0.25, 0.3) is 0 Å². The molecule has 0 aromatic rings. The summed E-state index contributed by atoms with van der Waals surface area (Å²) >= 11 is 0. The number of ketones is 1. The van der Waals surface area contributed by atoms with Crippen LogP contribution in [0.15, 0.2) is 12.2 Å². The molecule has 0 heterocycles. The lowest BCUT2D eigenvalue weighted by molar-refractivity contribution is -0.152. The SMILES string of the molecule is CCCCCCCCCCCCCC(=O)OC[C@H](O)COC(=O)CCCCCC[C@H]1C(=O)C[C@@H](O)[C@@H]1/C=C/[C@@H](O)CCCCC. The molecule has 0 spiro atoms. The molecule has 0 radical (unpaired) electrons. The second-order valence-corrected chi connectivity index (χ2v) is 13.1. The summed E-state index contributed by atoms with van der Waals surface area (Å²) in [6.45, 7) is 3.98. The summed E-state index contributed by atoms with van der Waals surface area (Å²) in [5.41, 5.74) is 0. The van der Waals surface area contributed by atoms with E-state index in [0.717, 1.165) is 57.8 Å². The minimum Gasteiger partial charge on any atom is -0.463 e. The minimum atomic E-state index is -1.03. The van der Waals surface area contributed by atoms with Gasteiger partial charge in [0.1, 0.15) is 25.1 Å². The van der Waals surface area contributed by atoms with E-state index in [1.54, 1.807) is 6.08 Å². The standard InChI is InChI=1S/C37H66O8/c1-3-5-7-8-9-10-11-12-13-14-19-23-36(42)44-28-31(39)29-45-37(43)24-20-16-15-18-22-32-33(35(41)27-34(32)40)26-25-30(38)21-17-6-4-2/h25-26,30-33,35,38-39,41H,3-24,27-29H2,1-2H3/b26-25+/t30-,31-,32+,33+,35+/m0/s1. The van der Waals surface area contributed by atoms with Crippen molar-refractivity contribution < 1.29 is 39.2 Å². The van der Waals surface area contributed by atoms with Gasteiger partial charge >= 0.3 is 11.9 Å². The normalized spacial score (nSPS) is 19.7. The first-order valence-corrected chi connectivity index (χ1v) is 18.3. The molecular weight excluding hydrogens is 572 g/mol. The predicted molar refractivity (Wildman–Crippen MR) is 179 cm³/mol. The number of unbranched alkanes of at least 4 members (excludes halogenated alkanes) is 15. The fourth-order valence-corrected chi connectivity index (χ4v) is 6.04. The monoisotopic (exact) mass is 638 g/mol. The number of esters is 2. The summed E-state index contributed by atoms with van der Waals surface area (Å²) < 4.78 is 10.3. The lowest BCUT2D eigenvalue weighted by Crippen LogP contribution is -2.25. The third kappa shape index (κ3) is 21.6. The Balaban J connectivity index is 2.06. The number of ether oxygens (including phenoxy) is 2. The highest BCUT2D eigenvalue weighted by atomic mass is 16.6. The van der Waals surface area contributed by atoms with Gasteiger partial charge in [-0.3, -0.25) is 14.4 Å². The molecule has 1 aliphatic rings. The van der Waals surface area contributed by atoms with Crippen LogP contribution in [0.25, 0.3) is 0 Å². The molecule has 0 aliphatic heterocycles. The predicted octanol–water partition coefficient (Wildman–Crippen LogP) is 7.54. The molecule has 0 aromatic heterocycles. The molecule has 0 aromatic carbocycles. The van der Waals surface area contributed by atoms with Gasteiger partial charge in [-0.1, -0.05) is 129 Å². The van der Waals surface area contributed by atoms with Gasteiger partial charge in [-0.05, 0) is 25.7 Å². The van der Waals surface area contributed by atoms with Crippen LogP contribution >= 0.6 is 0 Å². The smallest absolute Gasteiger partial charge is 0.305 e. The van der Waals surface area contributed by atoms with E-state index in [1.165, 1.54) is 51.4 Å².